The quantitative estimate of drug-likeness (QED) is 0.652. The number of aryl methyl sites for hydroxylation is 3. The lowest BCUT2D eigenvalue weighted by molar-refractivity contribution is 0.0784. The highest BCUT2D eigenvalue weighted by atomic mass is 32.2. The summed E-state index contributed by atoms with van der Waals surface area (Å²) in [5.41, 5.74) is 6.57. The summed E-state index contributed by atoms with van der Waals surface area (Å²) in [5.74, 6) is 0. The van der Waals surface area contributed by atoms with E-state index in [9.17, 15) is 14.1 Å². The van der Waals surface area contributed by atoms with Crippen LogP contribution in [0.2, 0.25) is 0 Å². The zero-order valence-corrected chi connectivity index (χ0v) is 18.1. The SMILES string of the molecule is Cc1cc(C(C)(C)O)ccc1[SH](=O)=NC(=O)Nc1c2c(cc3c1CCC3)CCC2. The fraction of sp³-hybridized carbons (Fsp3) is 0.435. The normalized spacial score (nSPS) is 16.6. The topological polar surface area (TPSA) is 78.8 Å². The van der Waals surface area contributed by atoms with Crippen LogP contribution in [0.1, 0.15) is 60.1 Å². The van der Waals surface area contributed by atoms with Gasteiger partial charge in [-0.2, -0.15) is 0 Å². The number of carbonyl (C=O) groups excluding carboxylic acids is 1. The smallest absolute Gasteiger partial charge is 0.353 e. The van der Waals surface area contributed by atoms with Crippen molar-refractivity contribution < 1.29 is 14.1 Å². The minimum absolute atomic E-state index is 0.520. The van der Waals surface area contributed by atoms with Crippen LogP contribution in [0.3, 0.4) is 0 Å². The molecule has 0 bridgehead atoms. The van der Waals surface area contributed by atoms with Crippen LogP contribution in [0.25, 0.3) is 0 Å². The van der Waals surface area contributed by atoms with Gasteiger partial charge in [0.05, 0.1) is 16.2 Å². The van der Waals surface area contributed by atoms with E-state index in [4.69, 9.17) is 0 Å². The second-order valence-electron chi connectivity index (χ2n) is 8.60. The van der Waals surface area contributed by atoms with Crippen LogP contribution in [0.15, 0.2) is 33.5 Å². The number of amides is 2. The molecule has 1 atom stereocenters. The largest absolute Gasteiger partial charge is 0.386 e. The second kappa shape index (κ2) is 7.58. The fourth-order valence-corrected chi connectivity index (χ4v) is 5.38. The van der Waals surface area contributed by atoms with Gasteiger partial charge >= 0.3 is 6.03 Å². The Labute approximate surface area is 173 Å². The molecule has 1 unspecified atom stereocenters. The number of carbonyl (C=O) groups is 1. The van der Waals surface area contributed by atoms with Gasteiger partial charge in [0.2, 0.25) is 0 Å². The molecule has 0 heterocycles. The van der Waals surface area contributed by atoms with E-state index in [0.717, 1.165) is 55.3 Å². The highest BCUT2D eigenvalue weighted by molar-refractivity contribution is 7.75. The molecule has 0 saturated heterocycles. The van der Waals surface area contributed by atoms with Gasteiger partial charge in [-0.05, 0) is 98.7 Å². The van der Waals surface area contributed by atoms with Crippen molar-refractivity contribution in [2.45, 2.75) is 69.8 Å². The van der Waals surface area contributed by atoms with Gasteiger partial charge in [0.1, 0.15) is 0 Å². The Bertz CT molecular complexity index is 1040. The third-order valence-electron chi connectivity index (χ3n) is 6.00. The average molecular weight is 413 g/mol. The van der Waals surface area contributed by atoms with E-state index in [-0.39, 0.29) is 0 Å². The van der Waals surface area contributed by atoms with Crippen LogP contribution in [0, 0.1) is 6.92 Å². The second-order valence-corrected chi connectivity index (χ2v) is 9.83. The van der Waals surface area contributed by atoms with E-state index in [1.807, 2.05) is 6.92 Å². The first-order valence-corrected chi connectivity index (χ1v) is 11.4. The summed E-state index contributed by atoms with van der Waals surface area (Å²) >= 11 is 0. The molecule has 0 fully saturated rings. The molecular formula is C23H28N2O3S. The van der Waals surface area contributed by atoms with Crippen LogP contribution >= 0.6 is 0 Å². The van der Waals surface area contributed by atoms with E-state index in [0.29, 0.717) is 4.90 Å². The molecule has 2 aliphatic rings. The zero-order chi connectivity index (χ0) is 20.8. The summed E-state index contributed by atoms with van der Waals surface area (Å²) in [6.45, 7) is 5.23. The number of benzene rings is 2. The standard InChI is InChI=1S/C23H28N2O3S/c1-14-12-17(23(2,3)27)10-11-20(14)29(28)25-22(26)24-21-18-8-4-6-15(18)13-16-7-5-9-19(16)21/h10-13,27,29H,4-9H2,1-3H3,(H,24,26). The number of anilines is 1. The lowest BCUT2D eigenvalue weighted by Gasteiger charge is -2.18. The monoisotopic (exact) mass is 412 g/mol. The summed E-state index contributed by atoms with van der Waals surface area (Å²) in [5, 5.41) is 13.1. The lowest BCUT2D eigenvalue weighted by Crippen LogP contribution is -2.15. The molecule has 2 aromatic carbocycles. The molecule has 2 N–H and O–H groups in total. The van der Waals surface area contributed by atoms with Gasteiger partial charge in [0.15, 0.2) is 0 Å². The van der Waals surface area contributed by atoms with Crippen molar-refractivity contribution in [2.75, 3.05) is 5.32 Å². The summed E-state index contributed by atoms with van der Waals surface area (Å²) < 4.78 is 16.7. The van der Waals surface area contributed by atoms with E-state index in [1.165, 1.54) is 22.3 Å². The van der Waals surface area contributed by atoms with Gasteiger partial charge in [-0.25, -0.2) is 9.00 Å². The first kappa shape index (κ1) is 20.1. The third kappa shape index (κ3) is 3.96. The maximum atomic E-state index is 12.8. The van der Waals surface area contributed by atoms with Crippen molar-refractivity contribution in [3.63, 3.8) is 0 Å². The molecule has 29 heavy (non-hydrogen) atoms. The van der Waals surface area contributed by atoms with Crippen LogP contribution in [0.5, 0.6) is 0 Å². The number of nitrogens with zero attached hydrogens (tertiary/aromatic N) is 1. The van der Waals surface area contributed by atoms with Crippen molar-refractivity contribution >= 4 is 22.3 Å². The predicted octanol–water partition coefficient (Wildman–Crippen LogP) is 4.46. The number of hydrogen-bond donors (Lipinski definition) is 3. The van der Waals surface area contributed by atoms with Crippen LogP contribution in [0.4, 0.5) is 10.5 Å². The van der Waals surface area contributed by atoms with E-state index in [1.54, 1.807) is 32.0 Å². The Morgan fingerprint density at radius 3 is 2.24 bits per heavy atom. The molecular weight excluding hydrogens is 384 g/mol. The Morgan fingerprint density at radius 2 is 1.69 bits per heavy atom. The van der Waals surface area contributed by atoms with E-state index >= 15 is 0 Å². The third-order valence-corrected chi connectivity index (χ3v) is 7.27. The lowest BCUT2D eigenvalue weighted by atomic mass is 9.97. The first-order chi connectivity index (χ1) is 13.7. The summed E-state index contributed by atoms with van der Waals surface area (Å²) in [6, 6.07) is 6.99. The fourth-order valence-electron chi connectivity index (χ4n) is 4.49. The number of rotatable bonds is 3. The van der Waals surface area contributed by atoms with Gasteiger partial charge < -0.3 is 10.4 Å². The van der Waals surface area contributed by atoms with Crippen molar-refractivity contribution in [3.8, 4) is 0 Å². The van der Waals surface area contributed by atoms with Gasteiger partial charge in [-0.1, -0.05) is 18.2 Å². The highest BCUT2D eigenvalue weighted by Gasteiger charge is 2.25. The zero-order valence-electron chi connectivity index (χ0n) is 17.2. The van der Waals surface area contributed by atoms with Crippen LogP contribution in [-0.2, 0) is 41.9 Å². The van der Waals surface area contributed by atoms with Crippen molar-refractivity contribution in [2.24, 2.45) is 4.36 Å². The van der Waals surface area contributed by atoms with Gasteiger partial charge in [0, 0.05) is 10.6 Å². The molecule has 0 spiro atoms. The minimum Gasteiger partial charge on any atom is -0.386 e. The molecule has 5 nitrogen and oxygen atoms in total. The molecule has 4 rings (SSSR count). The Kier molecular flexibility index (Phi) is 5.25. The number of nitrogens with one attached hydrogen (secondary N) is 1. The Morgan fingerprint density at radius 1 is 1.07 bits per heavy atom. The number of thiol groups is 1. The molecule has 0 saturated carbocycles. The van der Waals surface area contributed by atoms with Gasteiger partial charge in [-0.15, -0.1) is 4.36 Å². The van der Waals surface area contributed by atoms with Crippen LogP contribution < -0.4 is 5.32 Å². The molecule has 0 aromatic heterocycles. The maximum absolute atomic E-state index is 12.8. The van der Waals surface area contributed by atoms with Crippen molar-refractivity contribution in [1.82, 2.24) is 0 Å². The van der Waals surface area contributed by atoms with Crippen LogP contribution in [-0.4, -0.2) is 15.3 Å². The predicted molar refractivity (Wildman–Crippen MR) is 116 cm³/mol. The summed E-state index contributed by atoms with van der Waals surface area (Å²) in [6.07, 6.45) is 6.29. The van der Waals surface area contributed by atoms with E-state index in [2.05, 4.69) is 15.7 Å². The summed E-state index contributed by atoms with van der Waals surface area (Å²) in [4.78, 5) is 13.2. The molecule has 0 aliphatic heterocycles. The molecule has 0 radical (unpaired) electrons. The Balaban J connectivity index is 1.61. The minimum atomic E-state index is -2.21. The number of hydrogen-bond acceptors (Lipinski definition) is 3. The first-order valence-electron chi connectivity index (χ1n) is 10.2. The number of fused-ring (bicyclic) bond motifs is 2. The molecule has 6 heteroatoms. The molecule has 154 valence electrons. The Hall–Kier alpha value is -2.18. The van der Waals surface area contributed by atoms with E-state index < -0.39 is 22.2 Å². The van der Waals surface area contributed by atoms with Crippen molar-refractivity contribution in [1.29, 1.82) is 0 Å². The van der Waals surface area contributed by atoms with Crippen molar-refractivity contribution in [3.05, 3.63) is 57.6 Å². The average Bonchev–Trinajstić information content (AvgIpc) is 3.29. The maximum Gasteiger partial charge on any atom is 0.353 e. The molecule has 2 aromatic rings. The van der Waals surface area contributed by atoms with Gasteiger partial charge in [-0.3, -0.25) is 0 Å². The van der Waals surface area contributed by atoms with Gasteiger partial charge in [0.25, 0.3) is 0 Å². The number of urea groups is 1. The highest BCUT2D eigenvalue weighted by Crippen LogP contribution is 2.38. The number of aliphatic hydroxyl groups is 1. The molecule has 2 amide bonds. The summed E-state index contributed by atoms with van der Waals surface area (Å²) in [7, 11) is -2.21. The molecule has 2 aliphatic carbocycles.